The van der Waals surface area contributed by atoms with E-state index in [9.17, 15) is 9.59 Å². The molecule has 0 aromatic heterocycles. The Balaban J connectivity index is 1.84. The molecule has 0 spiro atoms. The van der Waals surface area contributed by atoms with Gasteiger partial charge in [0.05, 0.1) is 12.3 Å². The number of hydrogen-bond acceptors (Lipinski definition) is 4. The highest BCUT2D eigenvalue weighted by Gasteiger charge is 2.09. The van der Waals surface area contributed by atoms with Crippen molar-refractivity contribution in [1.29, 1.82) is 0 Å². The summed E-state index contributed by atoms with van der Waals surface area (Å²) in [4.78, 5) is 23.6. The van der Waals surface area contributed by atoms with Crippen molar-refractivity contribution in [3.05, 3.63) is 64.6 Å². The monoisotopic (exact) mass is 403 g/mol. The number of anilines is 1. The first kappa shape index (κ1) is 18.7. The summed E-state index contributed by atoms with van der Waals surface area (Å²) in [6.45, 7) is 1.97. The fourth-order valence-corrected chi connectivity index (χ4v) is 2.41. The zero-order valence-corrected chi connectivity index (χ0v) is 15.3. The van der Waals surface area contributed by atoms with Crippen LogP contribution in [0.15, 0.2) is 59.1 Å². The summed E-state index contributed by atoms with van der Waals surface area (Å²) in [6.07, 6.45) is 2.90. The third-order valence-corrected chi connectivity index (χ3v) is 3.56. The molecule has 2 aromatic rings. The van der Waals surface area contributed by atoms with Crippen molar-refractivity contribution in [2.45, 2.75) is 6.92 Å². The standard InChI is InChI=1S/C19H18BrNO4/c1-2-24-17-9-4-3-8-16(17)21-18(22)13-25-19(23)11-10-14-6-5-7-15(20)12-14/h3-12H,2,13H2,1H3,(H,21,22)/b11-10+. The lowest BCUT2D eigenvalue weighted by atomic mass is 10.2. The van der Waals surface area contributed by atoms with Crippen molar-refractivity contribution in [3.63, 3.8) is 0 Å². The number of esters is 1. The molecule has 1 amide bonds. The molecule has 0 saturated heterocycles. The Kier molecular flexibility index (Phi) is 7.22. The number of para-hydroxylation sites is 2. The van der Waals surface area contributed by atoms with Crippen molar-refractivity contribution in [2.24, 2.45) is 0 Å². The SMILES string of the molecule is CCOc1ccccc1NC(=O)COC(=O)/C=C/c1cccc(Br)c1. The predicted octanol–water partition coefficient (Wildman–Crippen LogP) is 4.04. The molecule has 0 aliphatic heterocycles. The highest BCUT2D eigenvalue weighted by Crippen LogP contribution is 2.23. The van der Waals surface area contributed by atoms with Gasteiger partial charge in [-0.3, -0.25) is 4.79 Å². The number of nitrogens with one attached hydrogen (secondary N) is 1. The quantitative estimate of drug-likeness (QED) is 0.559. The van der Waals surface area contributed by atoms with E-state index in [1.807, 2.05) is 37.3 Å². The minimum Gasteiger partial charge on any atom is -0.492 e. The molecule has 0 unspecified atom stereocenters. The van der Waals surface area contributed by atoms with Crippen molar-refractivity contribution in [2.75, 3.05) is 18.5 Å². The van der Waals surface area contributed by atoms with Crippen LogP contribution in [0.5, 0.6) is 5.75 Å². The number of carbonyl (C=O) groups is 2. The zero-order valence-electron chi connectivity index (χ0n) is 13.7. The topological polar surface area (TPSA) is 64.6 Å². The minimum absolute atomic E-state index is 0.373. The normalized spacial score (nSPS) is 10.5. The lowest BCUT2D eigenvalue weighted by molar-refractivity contribution is -0.142. The summed E-state index contributed by atoms with van der Waals surface area (Å²) >= 11 is 3.35. The van der Waals surface area contributed by atoms with Crippen LogP contribution in [0.4, 0.5) is 5.69 Å². The van der Waals surface area contributed by atoms with Gasteiger partial charge in [-0.25, -0.2) is 4.79 Å². The summed E-state index contributed by atoms with van der Waals surface area (Å²) < 4.78 is 11.3. The number of hydrogen-bond donors (Lipinski definition) is 1. The number of ether oxygens (including phenoxy) is 2. The maximum absolute atomic E-state index is 11.9. The van der Waals surface area contributed by atoms with E-state index in [2.05, 4.69) is 21.2 Å². The Morgan fingerprint density at radius 1 is 1.16 bits per heavy atom. The number of benzene rings is 2. The molecule has 130 valence electrons. The van der Waals surface area contributed by atoms with Crippen LogP contribution in [0, 0.1) is 0 Å². The fourth-order valence-electron chi connectivity index (χ4n) is 2.00. The molecule has 5 nitrogen and oxygen atoms in total. The van der Waals surface area contributed by atoms with Gasteiger partial charge in [-0.2, -0.15) is 0 Å². The van der Waals surface area contributed by atoms with E-state index in [0.717, 1.165) is 10.0 Å². The molecule has 2 aromatic carbocycles. The first-order valence-electron chi connectivity index (χ1n) is 7.70. The van der Waals surface area contributed by atoms with E-state index in [-0.39, 0.29) is 6.61 Å². The second-order valence-corrected chi connectivity index (χ2v) is 5.89. The largest absolute Gasteiger partial charge is 0.492 e. The molecule has 0 radical (unpaired) electrons. The minimum atomic E-state index is -0.590. The molecule has 0 atom stereocenters. The molecule has 2 rings (SSSR count). The van der Waals surface area contributed by atoms with Gasteiger partial charge in [-0.15, -0.1) is 0 Å². The van der Waals surface area contributed by atoms with Crippen LogP contribution in [-0.2, 0) is 14.3 Å². The van der Waals surface area contributed by atoms with Crippen LogP contribution in [0.1, 0.15) is 12.5 Å². The first-order valence-corrected chi connectivity index (χ1v) is 8.50. The van der Waals surface area contributed by atoms with Crippen molar-refractivity contribution < 1.29 is 19.1 Å². The van der Waals surface area contributed by atoms with Crippen molar-refractivity contribution in [1.82, 2.24) is 0 Å². The van der Waals surface area contributed by atoms with E-state index >= 15 is 0 Å². The molecule has 0 saturated carbocycles. The van der Waals surface area contributed by atoms with Gasteiger partial charge < -0.3 is 14.8 Å². The molecule has 0 fully saturated rings. The molecule has 25 heavy (non-hydrogen) atoms. The van der Waals surface area contributed by atoms with Gasteiger partial charge in [-0.1, -0.05) is 40.2 Å². The lowest BCUT2D eigenvalue weighted by Crippen LogP contribution is -2.20. The number of halogens is 1. The van der Waals surface area contributed by atoms with Gasteiger partial charge in [-0.05, 0) is 42.8 Å². The molecular weight excluding hydrogens is 386 g/mol. The molecule has 0 aliphatic carbocycles. The van der Waals surface area contributed by atoms with Crippen LogP contribution in [-0.4, -0.2) is 25.1 Å². The van der Waals surface area contributed by atoms with Gasteiger partial charge in [0.1, 0.15) is 5.75 Å². The Bertz CT molecular complexity index is 774. The van der Waals surface area contributed by atoms with E-state index in [1.165, 1.54) is 6.08 Å². The third-order valence-electron chi connectivity index (χ3n) is 3.07. The van der Waals surface area contributed by atoms with Crippen molar-refractivity contribution in [3.8, 4) is 5.75 Å². The van der Waals surface area contributed by atoms with Gasteiger partial charge in [0.25, 0.3) is 5.91 Å². The predicted molar refractivity (Wildman–Crippen MR) is 100 cm³/mol. The summed E-state index contributed by atoms with van der Waals surface area (Å²) in [6, 6.07) is 14.5. The van der Waals surface area contributed by atoms with Crippen molar-refractivity contribution >= 4 is 39.6 Å². The summed E-state index contributed by atoms with van der Waals surface area (Å²) in [5.74, 6) is -0.455. The maximum atomic E-state index is 11.9. The van der Waals surface area contributed by atoms with Crippen LogP contribution in [0.2, 0.25) is 0 Å². The number of carbonyl (C=O) groups excluding carboxylic acids is 2. The summed E-state index contributed by atoms with van der Waals surface area (Å²) in [5, 5.41) is 2.66. The number of rotatable bonds is 7. The van der Waals surface area contributed by atoms with E-state index in [1.54, 1.807) is 24.3 Å². The lowest BCUT2D eigenvalue weighted by Gasteiger charge is -2.11. The van der Waals surface area contributed by atoms with E-state index in [0.29, 0.717) is 18.0 Å². The van der Waals surface area contributed by atoms with Gasteiger partial charge in [0.2, 0.25) is 0 Å². The van der Waals surface area contributed by atoms with Gasteiger partial charge >= 0.3 is 5.97 Å². The highest BCUT2D eigenvalue weighted by atomic mass is 79.9. The molecule has 0 aliphatic rings. The highest BCUT2D eigenvalue weighted by molar-refractivity contribution is 9.10. The van der Waals surface area contributed by atoms with Crippen LogP contribution in [0.3, 0.4) is 0 Å². The Hall–Kier alpha value is -2.60. The summed E-state index contributed by atoms with van der Waals surface area (Å²) in [7, 11) is 0. The van der Waals surface area contributed by atoms with E-state index < -0.39 is 11.9 Å². The fraction of sp³-hybridized carbons (Fsp3) is 0.158. The van der Waals surface area contributed by atoms with Crippen LogP contribution < -0.4 is 10.1 Å². The molecule has 0 heterocycles. The Morgan fingerprint density at radius 2 is 1.96 bits per heavy atom. The number of amides is 1. The smallest absolute Gasteiger partial charge is 0.331 e. The van der Waals surface area contributed by atoms with Gasteiger partial charge in [0, 0.05) is 10.5 Å². The second-order valence-electron chi connectivity index (χ2n) is 4.97. The third kappa shape index (κ3) is 6.43. The molecule has 1 N–H and O–H groups in total. The maximum Gasteiger partial charge on any atom is 0.331 e. The summed E-state index contributed by atoms with van der Waals surface area (Å²) in [5.41, 5.74) is 1.39. The average Bonchev–Trinajstić information content (AvgIpc) is 2.60. The second kappa shape index (κ2) is 9.64. The Labute approximate surface area is 154 Å². The molecule has 0 bridgehead atoms. The molecular formula is C19H18BrNO4. The zero-order chi connectivity index (χ0) is 18.1. The molecule has 6 heteroatoms. The average molecular weight is 404 g/mol. The van der Waals surface area contributed by atoms with E-state index in [4.69, 9.17) is 9.47 Å². The Morgan fingerprint density at radius 3 is 2.72 bits per heavy atom. The van der Waals surface area contributed by atoms with Gasteiger partial charge in [0.15, 0.2) is 6.61 Å². The van der Waals surface area contributed by atoms with Crippen LogP contribution in [0.25, 0.3) is 6.08 Å². The van der Waals surface area contributed by atoms with Crippen LogP contribution >= 0.6 is 15.9 Å². The first-order chi connectivity index (χ1) is 12.1.